The van der Waals surface area contributed by atoms with Gasteiger partial charge in [-0.05, 0) is 0 Å². The van der Waals surface area contributed by atoms with Crippen LogP contribution in [0.25, 0.3) is 0 Å². The number of carbonyl (C=O) groups is 1. The summed E-state index contributed by atoms with van der Waals surface area (Å²) in [6, 6.07) is -0.522. The second-order valence-electron chi connectivity index (χ2n) is 3.22. The summed E-state index contributed by atoms with van der Waals surface area (Å²) in [7, 11) is 1.73. The Morgan fingerprint density at radius 1 is 1.64 bits per heavy atom. The number of ether oxygens (including phenoxy) is 1. The van der Waals surface area contributed by atoms with Gasteiger partial charge in [0, 0.05) is 25.9 Å². The minimum Gasteiger partial charge on any atom is -0.379 e. The maximum atomic E-state index is 11.6. The van der Waals surface area contributed by atoms with Gasteiger partial charge < -0.3 is 10.5 Å². The summed E-state index contributed by atoms with van der Waals surface area (Å²) in [4.78, 5) is 11.6. The number of thiol groups is 1. The van der Waals surface area contributed by atoms with Crippen LogP contribution in [0.1, 0.15) is 0 Å². The van der Waals surface area contributed by atoms with E-state index in [-0.39, 0.29) is 5.91 Å². The first kappa shape index (κ1) is 11.8. The molecule has 2 N–H and O–H groups in total. The van der Waals surface area contributed by atoms with Gasteiger partial charge in [-0.2, -0.15) is 12.6 Å². The normalized spacial score (nSPS) is 20.5. The predicted octanol–water partition coefficient (Wildman–Crippen LogP) is -1.05. The molecule has 0 aliphatic carbocycles. The average molecular weight is 219 g/mol. The summed E-state index contributed by atoms with van der Waals surface area (Å²) in [5, 5.41) is 3.51. The molecule has 1 aliphatic rings. The standard InChI is InChI=1S/C8H17N3O2S/c1-10(8(12)7(9)6-14)11-2-4-13-5-3-11/h7,14H,2-6,9H2,1H3/t7-/m0/s1. The second kappa shape index (κ2) is 5.55. The summed E-state index contributed by atoms with van der Waals surface area (Å²) in [6.07, 6.45) is 0. The molecule has 82 valence electrons. The van der Waals surface area contributed by atoms with Gasteiger partial charge in [-0.25, -0.2) is 5.01 Å². The molecule has 0 bridgehead atoms. The molecule has 0 spiro atoms. The number of amides is 1. The van der Waals surface area contributed by atoms with Gasteiger partial charge in [0.15, 0.2) is 0 Å². The highest BCUT2D eigenvalue weighted by Crippen LogP contribution is 2.02. The molecule has 0 radical (unpaired) electrons. The number of morpholine rings is 1. The highest BCUT2D eigenvalue weighted by Gasteiger charge is 2.23. The predicted molar refractivity (Wildman–Crippen MR) is 57.0 cm³/mol. The summed E-state index contributed by atoms with van der Waals surface area (Å²) in [5.41, 5.74) is 5.60. The fourth-order valence-electron chi connectivity index (χ4n) is 1.31. The van der Waals surface area contributed by atoms with Gasteiger partial charge >= 0.3 is 0 Å². The van der Waals surface area contributed by atoms with Crippen LogP contribution < -0.4 is 5.73 Å². The highest BCUT2D eigenvalue weighted by molar-refractivity contribution is 7.80. The van der Waals surface area contributed by atoms with Crippen molar-refractivity contribution in [2.75, 3.05) is 39.1 Å². The Bertz CT molecular complexity index is 197. The minimum atomic E-state index is -0.522. The summed E-state index contributed by atoms with van der Waals surface area (Å²) in [5.74, 6) is 0.273. The molecule has 14 heavy (non-hydrogen) atoms. The van der Waals surface area contributed by atoms with Crippen molar-refractivity contribution < 1.29 is 9.53 Å². The van der Waals surface area contributed by atoms with Crippen LogP contribution in [-0.4, -0.2) is 61.1 Å². The van der Waals surface area contributed by atoms with Gasteiger partial charge in [0.1, 0.15) is 0 Å². The molecule has 1 aliphatic heterocycles. The Balaban J connectivity index is 2.45. The SMILES string of the molecule is CN(C(=O)[C@@H](N)CS)N1CCOCC1. The van der Waals surface area contributed by atoms with Crippen molar-refractivity contribution in [1.29, 1.82) is 0 Å². The first-order valence-corrected chi connectivity index (χ1v) is 5.26. The second-order valence-corrected chi connectivity index (χ2v) is 3.58. The molecule has 1 fully saturated rings. The number of hydrazine groups is 1. The van der Waals surface area contributed by atoms with E-state index in [1.807, 2.05) is 5.01 Å². The van der Waals surface area contributed by atoms with E-state index in [0.717, 1.165) is 13.1 Å². The molecule has 1 amide bonds. The summed E-state index contributed by atoms with van der Waals surface area (Å²) >= 11 is 4.00. The van der Waals surface area contributed by atoms with Crippen LogP contribution in [0.4, 0.5) is 0 Å². The number of hydrogen-bond acceptors (Lipinski definition) is 5. The first-order valence-electron chi connectivity index (χ1n) is 4.63. The lowest BCUT2D eigenvalue weighted by molar-refractivity contribution is -0.153. The highest BCUT2D eigenvalue weighted by atomic mass is 32.1. The van der Waals surface area contributed by atoms with Crippen molar-refractivity contribution >= 4 is 18.5 Å². The van der Waals surface area contributed by atoms with Crippen molar-refractivity contribution in [3.8, 4) is 0 Å². The minimum absolute atomic E-state index is 0.0955. The van der Waals surface area contributed by atoms with E-state index in [9.17, 15) is 4.79 Å². The molecule has 6 heteroatoms. The van der Waals surface area contributed by atoms with Crippen LogP contribution in [0.2, 0.25) is 0 Å². The maximum Gasteiger partial charge on any atom is 0.254 e. The van der Waals surface area contributed by atoms with E-state index < -0.39 is 6.04 Å². The van der Waals surface area contributed by atoms with Crippen molar-refractivity contribution in [2.45, 2.75) is 6.04 Å². The molecule has 1 heterocycles. The molecule has 1 rings (SSSR count). The number of rotatable bonds is 3. The fraction of sp³-hybridized carbons (Fsp3) is 0.875. The zero-order chi connectivity index (χ0) is 10.6. The Morgan fingerprint density at radius 3 is 2.71 bits per heavy atom. The Hall–Kier alpha value is -0.300. The van der Waals surface area contributed by atoms with Crippen molar-refractivity contribution in [3.05, 3.63) is 0 Å². The smallest absolute Gasteiger partial charge is 0.254 e. The lowest BCUT2D eigenvalue weighted by Gasteiger charge is -2.35. The van der Waals surface area contributed by atoms with E-state index in [4.69, 9.17) is 10.5 Å². The Labute approximate surface area is 89.5 Å². The fourth-order valence-corrected chi connectivity index (χ4v) is 1.47. The number of nitrogens with two attached hydrogens (primary N) is 1. The molecule has 0 aromatic rings. The monoisotopic (exact) mass is 219 g/mol. The van der Waals surface area contributed by atoms with Gasteiger partial charge in [0.05, 0.1) is 19.3 Å². The lowest BCUT2D eigenvalue weighted by atomic mass is 10.3. The lowest BCUT2D eigenvalue weighted by Crippen LogP contribution is -2.54. The van der Waals surface area contributed by atoms with Gasteiger partial charge in [-0.15, -0.1) is 0 Å². The van der Waals surface area contributed by atoms with E-state index >= 15 is 0 Å². The van der Waals surface area contributed by atoms with E-state index in [1.165, 1.54) is 0 Å². The molecular weight excluding hydrogens is 202 g/mol. The summed E-state index contributed by atoms with van der Waals surface area (Å²) in [6.45, 7) is 2.80. The van der Waals surface area contributed by atoms with Gasteiger partial charge in [-0.1, -0.05) is 0 Å². The van der Waals surface area contributed by atoms with Crippen LogP contribution in [0.3, 0.4) is 0 Å². The van der Waals surface area contributed by atoms with Crippen LogP contribution in [0.15, 0.2) is 0 Å². The van der Waals surface area contributed by atoms with Gasteiger partial charge in [0.25, 0.3) is 5.91 Å². The van der Waals surface area contributed by atoms with E-state index in [1.54, 1.807) is 12.1 Å². The third kappa shape index (κ3) is 2.84. The van der Waals surface area contributed by atoms with Gasteiger partial charge in [0.2, 0.25) is 0 Å². The van der Waals surface area contributed by atoms with Crippen LogP contribution in [0.5, 0.6) is 0 Å². The topological polar surface area (TPSA) is 58.8 Å². The third-order valence-corrected chi connectivity index (χ3v) is 2.64. The molecule has 1 saturated heterocycles. The van der Waals surface area contributed by atoms with Crippen molar-refractivity contribution in [3.63, 3.8) is 0 Å². The molecule has 5 nitrogen and oxygen atoms in total. The summed E-state index contributed by atoms with van der Waals surface area (Å²) < 4.78 is 5.19. The maximum absolute atomic E-state index is 11.6. The van der Waals surface area contributed by atoms with Crippen LogP contribution in [-0.2, 0) is 9.53 Å². The third-order valence-electron chi connectivity index (χ3n) is 2.24. The van der Waals surface area contributed by atoms with E-state index in [2.05, 4.69) is 12.6 Å². The number of carbonyl (C=O) groups excluding carboxylic acids is 1. The average Bonchev–Trinajstić information content (AvgIpc) is 2.27. The zero-order valence-corrected chi connectivity index (χ0v) is 9.24. The van der Waals surface area contributed by atoms with Crippen molar-refractivity contribution in [2.24, 2.45) is 5.73 Å². The molecule has 0 aromatic heterocycles. The van der Waals surface area contributed by atoms with Crippen LogP contribution in [0, 0.1) is 0 Å². The molecule has 0 unspecified atom stereocenters. The zero-order valence-electron chi connectivity index (χ0n) is 8.35. The molecule has 0 saturated carbocycles. The molecule has 1 atom stereocenters. The van der Waals surface area contributed by atoms with Crippen molar-refractivity contribution in [1.82, 2.24) is 10.0 Å². The Kier molecular flexibility index (Phi) is 4.67. The first-order chi connectivity index (χ1) is 6.66. The Morgan fingerprint density at radius 2 is 2.21 bits per heavy atom. The van der Waals surface area contributed by atoms with Crippen LogP contribution >= 0.6 is 12.6 Å². The van der Waals surface area contributed by atoms with E-state index in [0.29, 0.717) is 19.0 Å². The quantitative estimate of drug-likeness (QED) is 0.595. The number of hydrogen-bond donors (Lipinski definition) is 2. The number of nitrogens with zero attached hydrogens (tertiary/aromatic N) is 2. The number of likely N-dealkylation sites (N-methyl/N-ethyl adjacent to an activating group) is 1. The van der Waals surface area contributed by atoms with Gasteiger partial charge in [-0.3, -0.25) is 9.80 Å². The molecular formula is C8H17N3O2S. The molecule has 0 aromatic carbocycles. The largest absolute Gasteiger partial charge is 0.379 e.